The van der Waals surface area contributed by atoms with Crippen LogP contribution in [0.3, 0.4) is 0 Å². The molecule has 0 unspecified atom stereocenters. The third-order valence-corrected chi connectivity index (χ3v) is 10.4. The predicted molar refractivity (Wildman–Crippen MR) is 166 cm³/mol. The lowest BCUT2D eigenvalue weighted by atomic mass is 9.93. The van der Waals surface area contributed by atoms with Crippen LogP contribution >= 0.6 is 0 Å². The van der Waals surface area contributed by atoms with E-state index in [-0.39, 0.29) is 39.9 Å². The first-order valence-corrected chi connectivity index (χ1v) is 17.0. The second kappa shape index (κ2) is 12.2. The quantitative estimate of drug-likeness (QED) is 0.279. The van der Waals surface area contributed by atoms with E-state index in [0.717, 1.165) is 5.56 Å². The van der Waals surface area contributed by atoms with E-state index in [1.807, 2.05) is 18.2 Å². The van der Waals surface area contributed by atoms with Crippen LogP contribution in [0.5, 0.6) is 5.75 Å². The van der Waals surface area contributed by atoms with Gasteiger partial charge in [-0.3, -0.25) is 9.52 Å². The van der Waals surface area contributed by atoms with Gasteiger partial charge in [-0.25, -0.2) is 26.8 Å². The summed E-state index contributed by atoms with van der Waals surface area (Å²) in [6.45, 7) is 0. The Morgan fingerprint density at radius 3 is 2.19 bits per heavy atom. The molecule has 0 bridgehead atoms. The maximum Gasteiger partial charge on any atom is 0.263 e. The van der Waals surface area contributed by atoms with Crippen LogP contribution in [0, 0.1) is 5.92 Å². The van der Waals surface area contributed by atoms with Crippen LogP contribution in [-0.2, 0) is 26.3 Å². The number of amides is 1. The average molecular weight is 624 g/mol. The molecule has 0 atom stereocenters. The van der Waals surface area contributed by atoms with E-state index in [0.29, 0.717) is 47.3 Å². The molecule has 0 aliphatic carbocycles. The highest BCUT2D eigenvalue weighted by molar-refractivity contribution is 7.92. The summed E-state index contributed by atoms with van der Waals surface area (Å²) < 4.78 is 58.9. The Labute approximate surface area is 251 Å². The minimum Gasteiger partial charge on any atom is -0.497 e. The zero-order chi connectivity index (χ0) is 30.8. The van der Waals surface area contributed by atoms with E-state index >= 15 is 0 Å². The van der Waals surface area contributed by atoms with Gasteiger partial charge >= 0.3 is 0 Å². The highest BCUT2D eigenvalue weighted by Gasteiger charge is 2.25. The number of methoxy groups -OCH3 is 1. The molecule has 43 heavy (non-hydrogen) atoms. The molecule has 1 saturated heterocycles. The molecule has 226 valence electrons. The maximum atomic E-state index is 13.5. The van der Waals surface area contributed by atoms with Crippen molar-refractivity contribution < 1.29 is 26.4 Å². The average Bonchev–Trinajstić information content (AvgIpc) is 2.98. The highest BCUT2D eigenvalue weighted by atomic mass is 32.2. The number of anilines is 3. The fourth-order valence-corrected chi connectivity index (χ4v) is 7.54. The van der Waals surface area contributed by atoms with Crippen molar-refractivity contribution in [2.75, 3.05) is 42.7 Å². The molecule has 1 aliphatic heterocycles. The fraction of sp³-hybridized carbons (Fsp3) is 0.300. The van der Waals surface area contributed by atoms with Gasteiger partial charge in [0.05, 0.1) is 34.5 Å². The summed E-state index contributed by atoms with van der Waals surface area (Å²) in [5.41, 5.74) is 2.96. The Bertz CT molecular complexity index is 1860. The largest absolute Gasteiger partial charge is 0.497 e. The molecule has 0 saturated carbocycles. The van der Waals surface area contributed by atoms with Crippen molar-refractivity contribution in [2.45, 2.75) is 24.2 Å². The Kier molecular flexibility index (Phi) is 8.56. The molecule has 2 heterocycles. The number of nitrogens with zero attached hydrogens (tertiary/aromatic N) is 3. The maximum absolute atomic E-state index is 13.5. The third kappa shape index (κ3) is 7.05. The van der Waals surface area contributed by atoms with Gasteiger partial charge in [-0.2, -0.15) is 0 Å². The third-order valence-electron chi connectivity index (χ3n) is 7.37. The van der Waals surface area contributed by atoms with E-state index in [2.05, 4.69) is 15.0 Å². The molecular formula is C30H33N5O6S2. The van der Waals surface area contributed by atoms with E-state index in [4.69, 9.17) is 9.72 Å². The van der Waals surface area contributed by atoms with Crippen LogP contribution < -0.4 is 14.8 Å². The van der Waals surface area contributed by atoms with Gasteiger partial charge in [0.2, 0.25) is 0 Å². The normalized spacial score (nSPS) is 15.1. The number of benzene rings is 3. The molecule has 13 heteroatoms. The molecule has 1 amide bonds. The van der Waals surface area contributed by atoms with Crippen LogP contribution in [0.4, 0.5) is 17.3 Å². The van der Waals surface area contributed by atoms with E-state index in [1.165, 1.54) is 29.2 Å². The van der Waals surface area contributed by atoms with Gasteiger partial charge in [0, 0.05) is 31.4 Å². The van der Waals surface area contributed by atoms with Crippen LogP contribution in [0.25, 0.3) is 11.0 Å². The molecule has 0 spiro atoms. The number of nitrogens with one attached hydrogen (secondary N) is 2. The smallest absolute Gasteiger partial charge is 0.263 e. The van der Waals surface area contributed by atoms with Gasteiger partial charge in [-0.15, -0.1) is 0 Å². The van der Waals surface area contributed by atoms with Gasteiger partial charge < -0.3 is 15.0 Å². The minimum atomic E-state index is -4.12. The zero-order valence-corrected chi connectivity index (χ0v) is 25.7. The van der Waals surface area contributed by atoms with Gasteiger partial charge in [0.25, 0.3) is 15.9 Å². The summed E-state index contributed by atoms with van der Waals surface area (Å²) in [7, 11) is -2.31. The number of sulfone groups is 1. The summed E-state index contributed by atoms with van der Waals surface area (Å²) in [5, 5.41) is 3.28. The molecule has 1 aromatic heterocycles. The number of hydrogen-bond acceptors (Lipinski definition) is 9. The minimum absolute atomic E-state index is 0.00956. The second-order valence-electron chi connectivity index (χ2n) is 10.7. The number of sulfonamides is 1. The van der Waals surface area contributed by atoms with Crippen molar-refractivity contribution in [2.24, 2.45) is 5.92 Å². The van der Waals surface area contributed by atoms with Crippen molar-refractivity contribution in [3.8, 4) is 5.75 Å². The number of carbonyl (C=O) groups excluding carboxylic acids is 1. The van der Waals surface area contributed by atoms with Crippen molar-refractivity contribution >= 4 is 54.1 Å². The Balaban J connectivity index is 1.49. The standard InChI is InChI=1S/C30H33N5O6S2/c1-35(2)30(36)21-9-12-24(13-10-21)43(39,40)34-29-28(31-25-6-4-5-7-26(25)32-29)33-27-19-23(41-3)11-8-22(27)18-20-14-16-42(37,38)17-15-20/h4-13,19-20H,14-18H2,1-3H3,(H,31,33)(H,32,34). The fourth-order valence-electron chi connectivity index (χ4n) is 4.94. The van der Waals surface area contributed by atoms with Gasteiger partial charge in [-0.05, 0) is 73.2 Å². The number of carbonyl (C=O) groups is 1. The SMILES string of the molecule is COc1ccc(CC2CCS(=O)(=O)CC2)c(Nc2nc3ccccc3nc2NS(=O)(=O)c2ccc(C(=O)N(C)C)cc2)c1. The Morgan fingerprint density at radius 1 is 0.953 bits per heavy atom. The first-order valence-electron chi connectivity index (χ1n) is 13.7. The number of ether oxygens (including phenoxy) is 1. The van der Waals surface area contributed by atoms with E-state index in [1.54, 1.807) is 45.5 Å². The second-order valence-corrected chi connectivity index (χ2v) is 14.7. The number of para-hydroxylation sites is 2. The monoisotopic (exact) mass is 623 g/mol. The first-order chi connectivity index (χ1) is 20.4. The number of aromatic nitrogens is 2. The molecule has 2 N–H and O–H groups in total. The molecule has 1 fully saturated rings. The van der Waals surface area contributed by atoms with Crippen LogP contribution in [0.15, 0.2) is 71.6 Å². The summed E-state index contributed by atoms with van der Waals surface area (Å²) in [6, 6.07) is 18.3. The summed E-state index contributed by atoms with van der Waals surface area (Å²) in [4.78, 5) is 22.9. The predicted octanol–water partition coefficient (Wildman–Crippen LogP) is 4.25. The molecule has 3 aromatic carbocycles. The highest BCUT2D eigenvalue weighted by Crippen LogP contribution is 2.33. The topological polar surface area (TPSA) is 148 Å². The van der Waals surface area contributed by atoms with Crippen molar-refractivity contribution in [1.29, 1.82) is 0 Å². The summed E-state index contributed by atoms with van der Waals surface area (Å²) in [5.74, 6) is 1.03. The van der Waals surface area contributed by atoms with Crippen LogP contribution in [0.2, 0.25) is 0 Å². The molecule has 0 radical (unpaired) electrons. The first kappa shape index (κ1) is 30.2. The zero-order valence-electron chi connectivity index (χ0n) is 24.1. The molecule has 1 aliphatic rings. The molecule has 5 rings (SSSR count). The Hall–Kier alpha value is -4.23. The van der Waals surface area contributed by atoms with E-state index < -0.39 is 19.9 Å². The molecule has 4 aromatic rings. The van der Waals surface area contributed by atoms with Gasteiger partial charge in [-0.1, -0.05) is 18.2 Å². The van der Waals surface area contributed by atoms with Crippen molar-refractivity contribution in [1.82, 2.24) is 14.9 Å². The summed E-state index contributed by atoms with van der Waals surface area (Å²) >= 11 is 0. The van der Waals surface area contributed by atoms with Crippen molar-refractivity contribution in [3.63, 3.8) is 0 Å². The molecular weight excluding hydrogens is 590 g/mol. The van der Waals surface area contributed by atoms with Crippen molar-refractivity contribution in [3.05, 3.63) is 77.9 Å². The lowest BCUT2D eigenvalue weighted by molar-refractivity contribution is 0.0827. The Morgan fingerprint density at radius 2 is 1.58 bits per heavy atom. The lowest BCUT2D eigenvalue weighted by Gasteiger charge is -2.23. The number of fused-ring (bicyclic) bond motifs is 1. The number of hydrogen-bond donors (Lipinski definition) is 2. The van der Waals surface area contributed by atoms with Gasteiger partial charge in [0.15, 0.2) is 11.6 Å². The molecule has 11 nitrogen and oxygen atoms in total. The summed E-state index contributed by atoms with van der Waals surface area (Å²) in [6.07, 6.45) is 1.78. The van der Waals surface area contributed by atoms with Crippen LogP contribution in [0.1, 0.15) is 28.8 Å². The van der Waals surface area contributed by atoms with Gasteiger partial charge in [0.1, 0.15) is 15.6 Å². The lowest BCUT2D eigenvalue weighted by Crippen LogP contribution is -2.24. The van der Waals surface area contributed by atoms with Crippen LogP contribution in [-0.4, -0.2) is 70.3 Å². The van der Waals surface area contributed by atoms with E-state index in [9.17, 15) is 21.6 Å². The number of rotatable bonds is 9.